The fourth-order valence-electron chi connectivity index (χ4n) is 4.04. The molecule has 0 aliphatic rings. The second-order valence-electron chi connectivity index (χ2n) is 9.10. The molecule has 1 heterocycles. The molecule has 2 rings (SSSR count). The first-order chi connectivity index (χ1) is 17.8. The number of benzene rings is 1. The van der Waals surface area contributed by atoms with Gasteiger partial charge in [0.15, 0.2) is 0 Å². The molecular weight excluding hydrogens is 512 g/mol. The lowest BCUT2D eigenvalue weighted by Gasteiger charge is -2.21. The highest BCUT2D eigenvalue weighted by molar-refractivity contribution is 7.89. The maximum Gasteiger partial charge on any atom is 0.394 e. The molecule has 1 aromatic heterocycles. The lowest BCUT2D eigenvalue weighted by Crippen LogP contribution is -2.36. The van der Waals surface area contributed by atoms with Crippen molar-refractivity contribution in [3.63, 3.8) is 0 Å². The number of sulfonamides is 1. The van der Waals surface area contributed by atoms with E-state index in [0.717, 1.165) is 24.2 Å². The molecule has 0 atom stereocenters. The van der Waals surface area contributed by atoms with E-state index in [9.17, 15) is 23.1 Å². The average molecular weight is 553 g/mol. The number of nitrogens with zero attached hydrogens (tertiary/aromatic N) is 1. The number of aliphatic carboxylic acids is 1. The van der Waals surface area contributed by atoms with Gasteiger partial charge in [0.2, 0.25) is 10.0 Å². The van der Waals surface area contributed by atoms with Crippen LogP contribution in [0.3, 0.4) is 0 Å². The van der Waals surface area contributed by atoms with E-state index >= 15 is 0 Å². The Bertz CT molecular complexity index is 1070. The Morgan fingerprint density at radius 2 is 1.51 bits per heavy atom. The predicted octanol–water partition coefficient (Wildman–Crippen LogP) is 5.57. The average Bonchev–Trinajstić information content (AvgIpc) is 3.36. The second-order valence-corrected chi connectivity index (χ2v) is 11.8. The van der Waals surface area contributed by atoms with Gasteiger partial charge in [-0.2, -0.15) is 0 Å². The summed E-state index contributed by atoms with van der Waals surface area (Å²) in [6, 6.07) is 8.41. The summed E-state index contributed by atoms with van der Waals surface area (Å²) in [5, 5.41) is 10.9. The molecule has 37 heavy (non-hydrogen) atoms. The molecule has 0 saturated carbocycles. The largest absolute Gasteiger partial charge is 0.497 e. The number of thiophene rings is 1. The van der Waals surface area contributed by atoms with E-state index in [4.69, 9.17) is 4.74 Å². The van der Waals surface area contributed by atoms with Crippen molar-refractivity contribution in [3.05, 3.63) is 46.2 Å². The van der Waals surface area contributed by atoms with Crippen LogP contribution in [0.4, 0.5) is 0 Å². The van der Waals surface area contributed by atoms with Crippen LogP contribution < -0.4 is 9.46 Å². The molecule has 0 unspecified atom stereocenters. The molecule has 0 spiro atoms. The molecule has 0 aliphatic heterocycles. The van der Waals surface area contributed by atoms with Gasteiger partial charge in [-0.05, 0) is 35.6 Å². The van der Waals surface area contributed by atoms with E-state index in [-0.39, 0.29) is 18.0 Å². The fourth-order valence-corrected chi connectivity index (χ4v) is 6.56. The first-order valence-corrected chi connectivity index (χ1v) is 15.4. The van der Waals surface area contributed by atoms with Crippen molar-refractivity contribution < 1.29 is 27.9 Å². The van der Waals surface area contributed by atoms with Crippen LogP contribution in [0.2, 0.25) is 0 Å². The summed E-state index contributed by atoms with van der Waals surface area (Å²) in [5.74, 6) is -2.04. The van der Waals surface area contributed by atoms with Gasteiger partial charge in [0.25, 0.3) is 0 Å². The molecule has 0 saturated heterocycles. The van der Waals surface area contributed by atoms with E-state index in [2.05, 4.69) is 11.6 Å². The standard InChI is InChI=1S/C27H40N2O6S2/c1-3-4-5-6-7-8-9-10-11-12-18-28-37(33,34)25-17-19-36-24(25)21-29(26(30)27(31)32)20-22-13-15-23(35-2)16-14-22/h13-17,19,28H,3-12,18,20-21H2,1-2H3,(H,31,32). The first-order valence-electron chi connectivity index (χ1n) is 13.0. The third-order valence-corrected chi connectivity index (χ3v) is 8.73. The van der Waals surface area contributed by atoms with Gasteiger partial charge in [-0.15, -0.1) is 11.3 Å². The number of carboxylic acid groups (broad SMARTS) is 1. The Morgan fingerprint density at radius 1 is 0.919 bits per heavy atom. The maximum atomic E-state index is 13.0. The lowest BCUT2D eigenvalue weighted by molar-refractivity contribution is -0.156. The highest BCUT2D eigenvalue weighted by atomic mass is 32.2. The number of carboxylic acids is 1. The molecule has 206 valence electrons. The van der Waals surface area contributed by atoms with E-state index in [0.29, 0.717) is 22.7 Å². The normalized spacial score (nSPS) is 11.4. The van der Waals surface area contributed by atoms with E-state index in [1.54, 1.807) is 36.8 Å². The van der Waals surface area contributed by atoms with E-state index in [1.165, 1.54) is 62.3 Å². The summed E-state index contributed by atoms with van der Waals surface area (Å²) < 4.78 is 33.7. The van der Waals surface area contributed by atoms with Crippen LogP contribution in [-0.4, -0.2) is 44.0 Å². The van der Waals surface area contributed by atoms with Crippen LogP contribution >= 0.6 is 11.3 Å². The second kappa shape index (κ2) is 16.4. The molecule has 8 nitrogen and oxygen atoms in total. The molecule has 2 aromatic rings. The van der Waals surface area contributed by atoms with Crippen molar-refractivity contribution >= 4 is 33.2 Å². The van der Waals surface area contributed by atoms with Crippen molar-refractivity contribution in [3.8, 4) is 5.75 Å². The molecule has 1 amide bonds. The zero-order valence-electron chi connectivity index (χ0n) is 21.9. The number of hydrogen-bond donors (Lipinski definition) is 2. The van der Waals surface area contributed by atoms with Crippen molar-refractivity contribution in [2.75, 3.05) is 13.7 Å². The van der Waals surface area contributed by atoms with Gasteiger partial charge in [-0.25, -0.2) is 17.9 Å². The van der Waals surface area contributed by atoms with Crippen LogP contribution in [0, 0.1) is 0 Å². The number of unbranched alkanes of at least 4 members (excludes halogenated alkanes) is 9. The van der Waals surface area contributed by atoms with Crippen LogP contribution in [-0.2, 0) is 32.7 Å². The molecular formula is C27H40N2O6S2. The quantitative estimate of drug-likeness (QED) is 0.185. The number of ether oxygens (including phenoxy) is 1. The smallest absolute Gasteiger partial charge is 0.394 e. The maximum absolute atomic E-state index is 13.0. The Hall–Kier alpha value is -2.43. The fraction of sp³-hybridized carbons (Fsp3) is 0.556. The molecule has 0 fully saturated rings. The summed E-state index contributed by atoms with van der Waals surface area (Å²) in [6.07, 6.45) is 11.7. The number of hydrogen-bond acceptors (Lipinski definition) is 6. The summed E-state index contributed by atoms with van der Waals surface area (Å²) in [6.45, 7) is 2.46. The van der Waals surface area contributed by atoms with Gasteiger partial charge in [0.1, 0.15) is 5.75 Å². The van der Waals surface area contributed by atoms with Gasteiger partial charge < -0.3 is 14.7 Å². The SMILES string of the molecule is CCCCCCCCCCCCNS(=O)(=O)c1ccsc1CN(Cc1ccc(OC)cc1)C(=O)C(=O)O. The molecule has 2 N–H and O–H groups in total. The monoisotopic (exact) mass is 552 g/mol. The Labute approximate surface area is 225 Å². The summed E-state index contributed by atoms with van der Waals surface area (Å²) >= 11 is 1.18. The van der Waals surface area contributed by atoms with Gasteiger partial charge in [-0.3, -0.25) is 4.79 Å². The van der Waals surface area contributed by atoms with Gasteiger partial charge in [0, 0.05) is 18.0 Å². The Balaban J connectivity index is 1.89. The minimum absolute atomic E-state index is 0.0263. The summed E-state index contributed by atoms with van der Waals surface area (Å²) in [7, 11) is -2.23. The van der Waals surface area contributed by atoms with E-state index < -0.39 is 21.9 Å². The number of carbonyl (C=O) groups is 2. The van der Waals surface area contributed by atoms with Gasteiger partial charge >= 0.3 is 11.9 Å². The van der Waals surface area contributed by atoms with Crippen LogP contribution in [0.5, 0.6) is 5.75 Å². The van der Waals surface area contributed by atoms with Crippen molar-refractivity contribution in [1.82, 2.24) is 9.62 Å². The predicted molar refractivity (Wildman–Crippen MR) is 146 cm³/mol. The topological polar surface area (TPSA) is 113 Å². The minimum Gasteiger partial charge on any atom is -0.497 e. The minimum atomic E-state index is -3.77. The Morgan fingerprint density at radius 3 is 2.08 bits per heavy atom. The number of rotatable bonds is 18. The molecule has 10 heteroatoms. The molecule has 0 aliphatic carbocycles. The zero-order chi connectivity index (χ0) is 27.1. The molecule has 1 aromatic carbocycles. The Kier molecular flexibility index (Phi) is 13.7. The summed E-state index contributed by atoms with van der Waals surface area (Å²) in [5.41, 5.74) is 0.704. The number of nitrogens with one attached hydrogen (secondary N) is 1. The van der Waals surface area contributed by atoms with Crippen LogP contribution in [0.15, 0.2) is 40.6 Å². The zero-order valence-corrected chi connectivity index (χ0v) is 23.5. The first kappa shape index (κ1) is 30.8. The van der Waals surface area contributed by atoms with Gasteiger partial charge in [0.05, 0.1) is 18.6 Å². The summed E-state index contributed by atoms with van der Waals surface area (Å²) in [4.78, 5) is 25.5. The van der Waals surface area contributed by atoms with Crippen molar-refractivity contribution in [2.24, 2.45) is 0 Å². The number of carbonyl (C=O) groups excluding carboxylic acids is 1. The lowest BCUT2D eigenvalue weighted by atomic mass is 10.1. The van der Waals surface area contributed by atoms with Crippen molar-refractivity contribution in [1.29, 1.82) is 0 Å². The van der Waals surface area contributed by atoms with Crippen LogP contribution in [0.25, 0.3) is 0 Å². The molecule has 0 bridgehead atoms. The third-order valence-electron chi connectivity index (χ3n) is 6.15. The van der Waals surface area contributed by atoms with Crippen molar-refractivity contribution in [2.45, 2.75) is 89.1 Å². The highest BCUT2D eigenvalue weighted by Crippen LogP contribution is 2.25. The molecule has 0 radical (unpaired) electrons. The number of methoxy groups -OCH3 is 1. The van der Waals surface area contributed by atoms with Gasteiger partial charge in [-0.1, -0.05) is 76.8 Å². The van der Waals surface area contributed by atoms with Crippen LogP contribution in [0.1, 0.15) is 81.6 Å². The highest BCUT2D eigenvalue weighted by Gasteiger charge is 2.26. The third kappa shape index (κ3) is 10.8. The van der Waals surface area contributed by atoms with E-state index in [1.807, 2.05) is 0 Å². The number of amides is 1.